The molecule has 0 amide bonds. The molecule has 1 aromatic heterocycles. The molecule has 0 radical (unpaired) electrons. The topological polar surface area (TPSA) is 37.8 Å². The Hall–Kier alpha value is -1.42. The maximum atomic E-state index is 4.55. The van der Waals surface area contributed by atoms with Crippen LogP contribution < -0.4 is 5.32 Å². The molecule has 0 fully saturated rings. The second-order valence-electron chi connectivity index (χ2n) is 5.65. The Balaban J connectivity index is 2.05. The normalized spacial score (nSPS) is 11.6. The fourth-order valence-electron chi connectivity index (χ4n) is 1.85. The van der Waals surface area contributed by atoms with Crippen molar-refractivity contribution in [3.63, 3.8) is 0 Å². The third-order valence-corrected chi connectivity index (χ3v) is 3.70. The van der Waals surface area contributed by atoms with E-state index in [4.69, 9.17) is 0 Å². The van der Waals surface area contributed by atoms with Gasteiger partial charge in [-0.2, -0.15) is 4.37 Å². The third-order valence-electron chi connectivity index (χ3n) is 3.03. The summed E-state index contributed by atoms with van der Waals surface area (Å²) in [4.78, 5) is 4.55. The van der Waals surface area contributed by atoms with E-state index in [1.165, 1.54) is 22.7 Å². The molecule has 1 heterocycles. The zero-order valence-corrected chi connectivity index (χ0v) is 12.8. The van der Waals surface area contributed by atoms with Crippen LogP contribution in [0.2, 0.25) is 0 Å². The van der Waals surface area contributed by atoms with E-state index in [0.717, 1.165) is 23.9 Å². The summed E-state index contributed by atoms with van der Waals surface area (Å²) in [7, 11) is 0. The first kappa shape index (κ1) is 14.0. The lowest BCUT2D eigenvalue weighted by molar-refractivity contribution is 0.555. The molecule has 0 spiro atoms. The van der Waals surface area contributed by atoms with Crippen molar-refractivity contribution in [3.8, 4) is 0 Å². The standard InChI is InChI=1S/C15H21N3S/c1-5-11-8-6-7-9-12(11)10-16-14-17-13(18-19-14)15(2,3)4/h6-9H,5,10H2,1-4H3,(H,16,17,18). The van der Waals surface area contributed by atoms with E-state index in [2.05, 4.69) is 66.6 Å². The minimum Gasteiger partial charge on any atom is -0.356 e. The highest BCUT2D eigenvalue weighted by molar-refractivity contribution is 7.09. The van der Waals surface area contributed by atoms with Gasteiger partial charge in [-0.15, -0.1) is 0 Å². The Morgan fingerprint density at radius 3 is 2.42 bits per heavy atom. The van der Waals surface area contributed by atoms with Crippen LogP contribution >= 0.6 is 11.5 Å². The number of anilines is 1. The molecular formula is C15H21N3S. The zero-order chi connectivity index (χ0) is 13.9. The van der Waals surface area contributed by atoms with Gasteiger partial charge >= 0.3 is 0 Å². The van der Waals surface area contributed by atoms with Crippen molar-refractivity contribution in [3.05, 3.63) is 41.2 Å². The van der Waals surface area contributed by atoms with Crippen molar-refractivity contribution in [2.75, 3.05) is 5.32 Å². The molecule has 0 bridgehead atoms. The average molecular weight is 275 g/mol. The molecule has 0 aliphatic rings. The van der Waals surface area contributed by atoms with Gasteiger partial charge in [0.05, 0.1) is 0 Å². The summed E-state index contributed by atoms with van der Waals surface area (Å²) in [5.74, 6) is 0.906. The highest BCUT2D eigenvalue weighted by atomic mass is 32.1. The number of aromatic nitrogens is 2. The van der Waals surface area contributed by atoms with Gasteiger partial charge < -0.3 is 5.32 Å². The molecule has 1 N–H and O–H groups in total. The lowest BCUT2D eigenvalue weighted by atomic mass is 9.96. The molecule has 0 saturated heterocycles. The number of benzene rings is 1. The van der Waals surface area contributed by atoms with E-state index >= 15 is 0 Å². The largest absolute Gasteiger partial charge is 0.356 e. The maximum Gasteiger partial charge on any atom is 0.202 e. The summed E-state index contributed by atoms with van der Waals surface area (Å²) in [6.07, 6.45) is 1.06. The average Bonchev–Trinajstić information content (AvgIpc) is 2.85. The molecule has 0 saturated carbocycles. The quantitative estimate of drug-likeness (QED) is 0.916. The fraction of sp³-hybridized carbons (Fsp3) is 0.467. The predicted octanol–water partition coefficient (Wildman–Crippen LogP) is 4.01. The number of hydrogen-bond acceptors (Lipinski definition) is 4. The third kappa shape index (κ3) is 3.53. The van der Waals surface area contributed by atoms with Gasteiger partial charge in [-0.1, -0.05) is 52.0 Å². The summed E-state index contributed by atoms with van der Waals surface area (Å²) in [6, 6.07) is 8.51. The summed E-state index contributed by atoms with van der Waals surface area (Å²) in [6.45, 7) is 9.38. The smallest absolute Gasteiger partial charge is 0.202 e. The van der Waals surface area contributed by atoms with Crippen LogP contribution in [-0.4, -0.2) is 9.36 Å². The molecule has 19 heavy (non-hydrogen) atoms. The van der Waals surface area contributed by atoms with Crippen molar-refractivity contribution in [2.45, 2.75) is 46.1 Å². The molecule has 2 rings (SSSR count). The summed E-state index contributed by atoms with van der Waals surface area (Å²) in [5, 5.41) is 4.27. The molecule has 2 aromatic rings. The minimum atomic E-state index is 0.0117. The van der Waals surface area contributed by atoms with Crippen molar-refractivity contribution >= 4 is 16.7 Å². The van der Waals surface area contributed by atoms with Crippen molar-refractivity contribution in [1.29, 1.82) is 0 Å². The van der Waals surface area contributed by atoms with E-state index in [1.807, 2.05) is 0 Å². The molecule has 0 aliphatic heterocycles. The molecule has 0 unspecified atom stereocenters. The molecule has 1 aromatic carbocycles. The van der Waals surface area contributed by atoms with Crippen LogP contribution in [0.5, 0.6) is 0 Å². The van der Waals surface area contributed by atoms with Crippen LogP contribution in [0.15, 0.2) is 24.3 Å². The zero-order valence-electron chi connectivity index (χ0n) is 12.0. The van der Waals surface area contributed by atoms with Gasteiger partial charge in [-0.25, -0.2) is 4.98 Å². The van der Waals surface area contributed by atoms with Crippen molar-refractivity contribution in [1.82, 2.24) is 9.36 Å². The van der Waals surface area contributed by atoms with Crippen LogP contribution in [-0.2, 0) is 18.4 Å². The molecular weight excluding hydrogens is 254 g/mol. The first-order valence-electron chi connectivity index (χ1n) is 6.65. The van der Waals surface area contributed by atoms with E-state index < -0.39 is 0 Å². The summed E-state index contributed by atoms with van der Waals surface area (Å²) >= 11 is 1.44. The number of nitrogens with one attached hydrogen (secondary N) is 1. The van der Waals surface area contributed by atoms with Crippen LogP contribution in [0.4, 0.5) is 5.13 Å². The molecule has 102 valence electrons. The van der Waals surface area contributed by atoms with Gasteiger partial charge in [-0.05, 0) is 17.5 Å². The predicted molar refractivity (Wildman–Crippen MR) is 81.8 cm³/mol. The number of nitrogens with zero attached hydrogens (tertiary/aromatic N) is 2. The Kier molecular flexibility index (Phi) is 4.20. The minimum absolute atomic E-state index is 0.0117. The Morgan fingerprint density at radius 1 is 1.16 bits per heavy atom. The van der Waals surface area contributed by atoms with Crippen LogP contribution in [0.25, 0.3) is 0 Å². The Morgan fingerprint density at radius 2 is 1.84 bits per heavy atom. The van der Waals surface area contributed by atoms with Gasteiger partial charge in [0.1, 0.15) is 5.82 Å². The fourth-order valence-corrected chi connectivity index (χ4v) is 2.60. The van der Waals surface area contributed by atoms with Crippen molar-refractivity contribution in [2.24, 2.45) is 0 Å². The number of hydrogen-bond donors (Lipinski definition) is 1. The Labute approximate surface area is 119 Å². The highest BCUT2D eigenvalue weighted by Gasteiger charge is 2.19. The van der Waals surface area contributed by atoms with Gasteiger partial charge in [0.15, 0.2) is 0 Å². The summed E-state index contributed by atoms with van der Waals surface area (Å²) < 4.78 is 4.41. The van der Waals surface area contributed by atoms with Gasteiger partial charge in [0.2, 0.25) is 5.13 Å². The van der Waals surface area contributed by atoms with E-state index in [1.54, 1.807) is 0 Å². The first-order chi connectivity index (χ1) is 9.00. The van der Waals surface area contributed by atoms with Crippen LogP contribution in [0.3, 0.4) is 0 Å². The van der Waals surface area contributed by atoms with E-state index in [0.29, 0.717) is 0 Å². The summed E-state index contributed by atoms with van der Waals surface area (Å²) in [5.41, 5.74) is 2.73. The van der Waals surface area contributed by atoms with Crippen LogP contribution in [0, 0.1) is 0 Å². The molecule has 4 heteroatoms. The first-order valence-corrected chi connectivity index (χ1v) is 7.43. The van der Waals surface area contributed by atoms with Gasteiger partial charge in [0.25, 0.3) is 0 Å². The SMILES string of the molecule is CCc1ccccc1CNc1nc(C(C)(C)C)ns1. The lowest BCUT2D eigenvalue weighted by Crippen LogP contribution is -2.13. The molecule has 3 nitrogen and oxygen atoms in total. The van der Waals surface area contributed by atoms with E-state index in [9.17, 15) is 0 Å². The van der Waals surface area contributed by atoms with E-state index in [-0.39, 0.29) is 5.41 Å². The highest BCUT2D eigenvalue weighted by Crippen LogP contribution is 2.23. The molecule has 0 aliphatic carbocycles. The van der Waals surface area contributed by atoms with Crippen LogP contribution in [0.1, 0.15) is 44.6 Å². The lowest BCUT2D eigenvalue weighted by Gasteiger charge is -2.12. The van der Waals surface area contributed by atoms with Gasteiger partial charge in [-0.3, -0.25) is 0 Å². The van der Waals surface area contributed by atoms with Gasteiger partial charge in [0, 0.05) is 23.5 Å². The molecule has 0 atom stereocenters. The number of aryl methyl sites for hydroxylation is 1. The second kappa shape index (κ2) is 5.70. The maximum absolute atomic E-state index is 4.55. The second-order valence-corrected chi connectivity index (χ2v) is 6.40. The number of rotatable bonds is 4. The monoisotopic (exact) mass is 275 g/mol. The van der Waals surface area contributed by atoms with Crippen molar-refractivity contribution < 1.29 is 0 Å². The Bertz CT molecular complexity index is 540.